The molecule has 0 bridgehead atoms. The number of aliphatic hydroxyl groups excluding tert-OH is 1. The number of aliphatic carboxylic acids is 7. The Morgan fingerprint density at radius 3 is 1.07 bits per heavy atom. The van der Waals surface area contributed by atoms with E-state index in [2.05, 4.69) is 0 Å². The molecule has 0 heterocycles. The van der Waals surface area contributed by atoms with Crippen molar-refractivity contribution in [1.82, 2.24) is 6.15 Å². The molecule has 12 N–H and O–H groups in total. The van der Waals surface area contributed by atoms with Crippen molar-refractivity contribution in [2.45, 2.75) is 31.0 Å². The summed E-state index contributed by atoms with van der Waals surface area (Å²) in [7, 11) is 0. The van der Waals surface area contributed by atoms with Crippen molar-refractivity contribution >= 4 is 41.8 Å². The maximum Gasteiger partial charge on any atom is 0.414 e. The van der Waals surface area contributed by atoms with Gasteiger partial charge in [0.2, 0.25) is 0 Å². The standard InChI is InChI=1S/C6H8O7.C4H6O5.C2H2O4.H3N/c7-3(8)1-6(13,5(11)12)2-4(9)10;5-2(4(8)9)1-3(6)7;3-1(4)2(5)6;/h13H,1-2H2,(H,7,8)(H,9,10)(H,11,12);2,5H,1H2,(H,6,7)(H,8,9);(H,3,4)(H,5,6);1H3. The van der Waals surface area contributed by atoms with Crippen molar-refractivity contribution < 1.29 is 79.5 Å². The Labute approximate surface area is 159 Å². The van der Waals surface area contributed by atoms with E-state index in [0.29, 0.717) is 0 Å². The summed E-state index contributed by atoms with van der Waals surface area (Å²) in [6.45, 7) is 0. The highest BCUT2D eigenvalue weighted by Gasteiger charge is 2.40. The van der Waals surface area contributed by atoms with Crippen molar-refractivity contribution in [2.24, 2.45) is 0 Å². The lowest BCUT2D eigenvalue weighted by Crippen LogP contribution is -2.42. The summed E-state index contributed by atoms with van der Waals surface area (Å²) in [5, 5.41) is 72.7. The van der Waals surface area contributed by atoms with E-state index in [-0.39, 0.29) is 6.15 Å². The SMILES string of the molecule is N.O=C(O)C(=O)O.O=C(O)CC(O)(CC(=O)O)C(=O)O.O=C(O)CC(O)C(=O)O. The lowest BCUT2D eigenvalue weighted by atomic mass is 9.96. The molecule has 0 aliphatic heterocycles. The first-order valence-corrected chi connectivity index (χ1v) is 6.44. The Kier molecular flexibility index (Phi) is 17.3. The van der Waals surface area contributed by atoms with E-state index < -0.39 is 72.8 Å². The summed E-state index contributed by atoms with van der Waals surface area (Å²) in [5.74, 6) is -11.5. The average Bonchev–Trinajstić information content (AvgIpc) is 2.45. The Morgan fingerprint density at radius 2 is 0.966 bits per heavy atom. The normalized spacial score (nSPS) is 10.3. The first-order chi connectivity index (χ1) is 12.5. The molecule has 0 saturated heterocycles. The zero-order chi connectivity index (χ0) is 23.2. The van der Waals surface area contributed by atoms with Gasteiger partial charge in [0, 0.05) is 0 Å². The van der Waals surface area contributed by atoms with Crippen LogP contribution in [0.1, 0.15) is 19.3 Å². The lowest BCUT2D eigenvalue weighted by molar-refractivity contribution is -0.170. The van der Waals surface area contributed by atoms with E-state index in [1.807, 2.05) is 0 Å². The van der Waals surface area contributed by atoms with Gasteiger partial charge in [-0.3, -0.25) is 14.4 Å². The van der Waals surface area contributed by atoms with Crippen LogP contribution in [0.25, 0.3) is 0 Å². The fourth-order valence-electron chi connectivity index (χ4n) is 0.967. The van der Waals surface area contributed by atoms with Gasteiger partial charge in [-0.05, 0) is 0 Å². The van der Waals surface area contributed by atoms with Gasteiger partial charge in [0.1, 0.15) is 0 Å². The van der Waals surface area contributed by atoms with Crippen LogP contribution in [0, 0.1) is 0 Å². The zero-order valence-electron chi connectivity index (χ0n) is 14.3. The molecule has 0 fully saturated rings. The van der Waals surface area contributed by atoms with Crippen LogP contribution in [0.4, 0.5) is 0 Å². The highest BCUT2D eigenvalue weighted by molar-refractivity contribution is 6.27. The molecule has 0 spiro atoms. The van der Waals surface area contributed by atoms with Gasteiger partial charge in [0.15, 0.2) is 11.7 Å². The van der Waals surface area contributed by atoms with Gasteiger partial charge in [-0.1, -0.05) is 0 Å². The smallest absolute Gasteiger partial charge is 0.414 e. The molecule has 0 rings (SSSR count). The summed E-state index contributed by atoms with van der Waals surface area (Å²) in [5.41, 5.74) is -2.74. The predicted molar refractivity (Wildman–Crippen MR) is 83.3 cm³/mol. The molecule has 1 unspecified atom stereocenters. The third-order valence-corrected chi connectivity index (χ3v) is 2.12. The Hall–Kier alpha value is -3.83. The van der Waals surface area contributed by atoms with Crippen LogP contribution < -0.4 is 6.15 Å². The van der Waals surface area contributed by atoms with Crippen molar-refractivity contribution in [3.8, 4) is 0 Å². The molecular formula is C12H19NO16. The molecule has 0 saturated carbocycles. The Bertz CT molecular complexity index is 597. The second-order valence-electron chi connectivity index (χ2n) is 4.54. The highest BCUT2D eigenvalue weighted by Crippen LogP contribution is 2.15. The van der Waals surface area contributed by atoms with Crippen molar-refractivity contribution in [1.29, 1.82) is 0 Å². The first-order valence-electron chi connectivity index (χ1n) is 6.44. The van der Waals surface area contributed by atoms with E-state index in [4.69, 9.17) is 55.5 Å². The van der Waals surface area contributed by atoms with Crippen LogP contribution in [0.5, 0.6) is 0 Å². The predicted octanol–water partition coefficient (Wildman–Crippen LogP) is -3.02. The average molecular weight is 433 g/mol. The third-order valence-electron chi connectivity index (χ3n) is 2.12. The molecule has 1 atom stereocenters. The van der Waals surface area contributed by atoms with Gasteiger partial charge in [0.05, 0.1) is 19.3 Å². The zero-order valence-corrected chi connectivity index (χ0v) is 14.3. The minimum Gasteiger partial charge on any atom is -0.481 e. The molecule has 17 heteroatoms. The molecule has 0 aromatic heterocycles. The summed E-state index contributed by atoms with van der Waals surface area (Å²) >= 11 is 0. The molecular weight excluding hydrogens is 414 g/mol. The molecule has 17 nitrogen and oxygen atoms in total. The van der Waals surface area contributed by atoms with Crippen LogP contribution in [0.15, 0.2) is 0 Å². The third kappa shape index (κ3) is 20.3. The summed E-state index contributed by atoms with van der Waals surface area (Å²) in [4.78, 5) is 68.1. The minimum absolute atomic E-state index is 0. The van der Waals surface area contributed by atoms with E-state index in [9.17, 15) is 24.0 Å². The molecule has 0 aliphatic carbocycles. The van der Waals surface area contributed by atoms with Crippen molar-refractivity contribution in [3.05, 3.63) is 0 Å². The van der Waals surface area contributed by atoms with Crippen LogP contribution in [-0.4, -0.2) is 99.4 Å². The number of rotatable bonds is 8. The number of carboxylic acid groups (broad SMARTS) is 7. The molecule has 0 aliphatic rings. The molecule has 0 aromatic carbocycles. The minimum atomic E-state index is -2.74. The molecule has 0 radical (unpaired) electrons. The molecule has 29 heavy (non-hydrogen) atoms. The van der Waals surface area contributed by atoms with Crippen molar-refractivity contribution in [2.75, 3.05) is 0 Å². The van der Waals surface area contributed by atoms with E-state index in [0.717, 1.165) is 0 Å². The Balaban J connectivity index is -0.000000171. The van der Waals surface area contributed by atoms with E-state index in [1.54, 1.807) is 0 Å². The van der Waals surface area contributed by atoms with Crippen molar-refractivity contribution in [3.63, 3.8) is 0 Å². The van der Waals surface area contributed by atoms with Gasteiger partial charge in [-0.15, -0.1) is 0 Å². The largest absolute Gasteiger partial charge is 0.481 e. The Morgan fingerprint density at radius 1 is 0.655 bits per heavy atom. The lowest BCUT2D eigenvalue weighted by Gasteiger charge is -2.18. The fraction of sp³-hybridized carbons (Fsp3) is 0.417. The first kappa shape index (κ1) is 32.8. The number of aliphatic hydroxyl groups is 2. The van der Waals surface area contributed by atoms with Crippen LogP contribution in [0.3, 0.4) is 0 Å². The van der Waals surface area contributed by atoms with Gasteiger partial charge in [0.25, 0.3) is 0 Å². The number of carbonyl (C=O) groups is 7. The number of carboxylic acids is 7. The highest BCUT2D eigenvalue weighted by atomic mass is 16.4. The maximum atomic E-state index is 10.3. The molecule has 168 valence electrons. The van der Waals surface area contributed by atoms with Crippen LogP contribution in [0.2, 0.25) is 0 Å². The number of hydrogen-bond donors (Lipinski definition) is 10. The second-order valence-corrected chi connectivity index (χ2v) is 4.54. The van der Waals surface area contributed by atoms with Crippen LogP contribution >= 0.6 is 0 Å². The molecule has 0 aromatic rings. The monoisotopic (exact) mass is 433 g/mol. The fourth-order valence-corrected chi connectivity index (χ4v) is 0.967. The summed E-state index contributed by atoms with van der Waals surface area (Å²) < 4.78 is 0. The second kappa shape index (κ2) is 15.2. The quantitative estimate of drug-likeness (QED) is 0.170. The van der Waals surface area contributed by atoms with E-state index in [1.165, 1.54) is 0 Å². The van der Waals surface area contributed by atoms with E-state index >= 15 is 0 Å². The topological polar surface area (TPSA) is 337 Å². The number of hydrogen-bond acceptors (Lipinski definition) is 10. The molecule has 0 amide bonds. The van der Waals surface area contributed by atoms with Gasteiger partial charge < -0.3 is 52.1 Å². The van der Waals surface area contributed by atoms with Gasteiger partial charge in [-0.25, -0.2) is 19.2 Å². The summed E-state index contributed by atoms with van der Waals surface area (Å²) in [6, 6.07) is 0. The maximum absolute atomic E-state index is 10.3. The summed E-state index contributed by atoms with van der Waals surface area (Å²) in [6.07, 6.45) is -4.83. The van der Waals surface area contributed by atoms with Crippen LogP contribution in [-0.2, 0) is 33.6 Å². The van der Waals surface area contributed by atoms with Gasteiger partial charge in [-0.2, -0.15) is 0 Å². The van der Waals surface area contributed by atoms with Gasteiger partial charge >= 0.3 is 41.8 Å².